The van der Waals surface area contributed by atoms with E-state index in [4.69, 9.17) is 23.4 Å². The summed E-state index contributed by atoms with van der Waals surface area (Å²) in [6.07, 6.45) is -15.8. The van der Waals surface area contributed by atoms with Gasteiger partial charge in [0.25, 0.3) is 0 Å². The van der Waals surface area contributed by atoms with E-state index < -0.39 is 108 Å². The number of aromatic hydroxyl groups is 3. The Hall–Kier alpha value is -3.71. The minimum Gasteiger partial charge on any atom is -0.508 e. The van der Waals surface area contributed by atoms with E-state index in [1.54, 1.807) is 0 Å². The zero-order valence-corrected chi connectivity index (χ0v) is 21.4. The van der Waals surface area contributed by atoms with Gasteiger partial charge in [0.1, 0.15) is 59.6 Å². The van der Waals surface area contributed by atoms with Gasteiger partial charge < -0.3 is 74.4 Å². The molecule has 0 aliphatic carbocycles. The average molecular weight is 596 g/mol. The molecule has 0 unspecified atom stereocenters. The third-order valence-corrected chi connectivity index (χ3v) is 6.96. The third-order valence-electron chi connectivity index (χ3n) is 6.96. The molecule has 0 spiro atoms. The molecule has 42 heavy (non-hydrogen) atoms. The maximum Gasteiger partial charge on any atom is 0.229 e. The number of aliphatic hydroxyl groups excluding tert-OH is 7. The second kappa shape index (κ2) is 11.5. The van der Waals surface area contributed by atoms with Gasteiger partial charge in [-0.25, -0.2) is 0 Å². The molecule has 1 aromatic heterocycles. The zero-order chi connectivity index (χ0) is 30.5. The van der Waals surface area contributed by atoms with Crippen molar-refractivity contribution in [3.63, 3.8) is 0 Å². The molecule has 3 heterocycles. The number of benzene rings is 2. The highest BCUT2D eigenvalue weighted by atomic mass is 16.7. The second-order valence-corrected chi connectivity index (χ2v) is 9.76. The Kier molecular flexibility index (Phi) is 8.17. The van der Waals surface area contributed by atoms with Crippen LogP contribution in [0.25, 0.3) is 22.3 Å². The fourth-order valence-corrected chi connectivity index (χ4v) is 4.58. The van der Waals surface area contributed by atoms with Gasteiger partial charge in [-0.1, -0.05) is 0 Å². The number of hydrogen-bond acceptors (Lipinski definition) is 16. The SMILES string of the molecule is O=c1cc(-c2ccc(O)cc2)oc2c(O[C@@H]3OC[C@@H](O)[C@H](O)[C@H]3O)c(O)c(O[C@@H]3O[C@H](CO)[C@H](O)[C@@H](O)[C@@H]3O)c(O)c12. The molecule has 0 radical (unpaired) electrons. The van der Waals surface area contributed by atoms with Crippen LogP contribution in [0.1, 0.15) is 0 Å². The summed E-state index contributed by atoms with van der Waals surface area (Å²) in [7, 11) is 0. The van der Waals surface area contributed by atoms with Crippen molar-refractivity contribution in [2.45, 2.75) is 55.3 Å². The maximum absolute atomic E-state index is 13.3. The van der Waals surface area contributed by atoms with Crippen molar-refractivity contribution < 1.29 is 74.4 Å². The van der Waals surface area contributed by atoms with Crippen LogP contribution in [0.4, 0.5) is 0 Å². The number of ether oxygens (including phenoxy) is 4. The van der Waals surface area contributed by atoms with Gasteiger partial charge in [-0.3, -0.25) is 4.79 Å². The van der Waals surface area contributed by atoms with Crippen molar-refractivity contribution in [2.24, 2.45) is 0 Å². The monoisotopic (exact) mass is 596 g/mol. The Labute approximate surface area is 235 Å². The zero-order valence-electron chi connectivity index (χ0n) is 21.4. The van der Waals surface area contributed by atoms with Crippen LogP contribution in [0.2, 0.25) is 0 Å². The average Bonchev–Trinajstić information content (AvgIpc) is 2.97. The van der Waals surface area contributed by atoms with Gasteiger partial charge in [-0.05, 0) is 24.3 Å². The molecular formula is C26H28O16. The van der Waals surface area contributed by atoms with Crippen molar-refractivity contribution in [1.82, 2.24) is 0 Å². The number of phenolic OH excluding ortho intramolecular Hbond substituents is 3. The van der Waals surface area contributed by atoms with E-state index in [2.05, 4.69) is 0 Å². The Morgan fingerprint density at radius 3 is 2.10 bits per heavy atom. The Bertz CT molecular complexity index is 1490. The molecule has 16 heteroatoms. The smallest absolute Gasteiger partial charge is 0.229 e. The van der Waals surface area contributed by atoms with Gasteiger partial charge in [0.2, 0.25) is 29.8 Å². The summed E-state index contributed by atoms with van der Waals surface area (Å²) in [5.74, 6) is -4.00. The lowest BCUT2D eigenvalue weighted by atomic mass is 9.99. The molecule has 0 saturated carbocycles. The summed E-state index contributed by atoms with van der Waals surface area (Å²) in [6.45, 7) is -1.32. The molecule has 0 amide bonds. The minimum atomic E-state index is -1.98. The summed E-state index contributed by atoms with van der Waals surface area (Å²) >= 11 is 0. The molecule has 10 N–H and O–H groups in total. The van der Waals surface area contributed by atoms with E-state index in [1.165, 1.54) is 24.3 Å². The third kappa shape index (κ3) is 5.19. The van der Waals surface area contributed by atoms with Gasteiger partial charge >= 0.3 is 0 Å². The maximum atomic E-state index is 13.3. The molecule has 2 aliphatic heterocycles. The molecule has 228 valence electrons. The van der Waals surface area contributed by atoms with Crippen LogP contribution < -0.4 is 14.9 Å². The van der Waals surface area contributed by atoms with E-state index in [1.807, 2.05) is 0 Å². The molecule has 5 rings (SSSR count). The van der Waals surface area contributed by atoms with Gasteiger partial charge in [-0.2, -0.15) is 0 Å². The molecule has 0 bridgehead atoms. The fraction of sp³-hybridized carbons (Fsp3) is 0.423. The normalized spacial score (nSPS) is 31.6. The van der Waals surface area contributed by atoms with Crippen molar-refractivity contribution in [2.75, 3.05) is 13.2 Å². The van der Waals surface area contributed by atoms with Crippen molar-refractivity contribution in [1.29, 1.82) is 0 Å². The molecule has 16 nitrogen and oxygen atoms in total. The Morgan fingerprint density at radius 1 is 0.786 bits per heavy atom. The summed E-state index contributed by atoms with van der Waals surface area (Å²) < 4.78 is 27.3. The highest BCUT2D eigenvalue weighted by Crippen LogP contribution is 2.51. The van der Waals surface area contributed by atoms with Gasteiger partial charge in [0.05, 0.1) is 13.2 Å². The summed E-state index contributed by atoms with van der Waals surface area (Å²) in [6, 6.07) is 6.40. The van der Waals surface area contributed by atoms with Gasteiger partial charge in [0.15, 0.2) is 16.8 Å². The number of fused-ring (bicyclic) bond motifs is 1. The number of aliphatic hydroxyl groups is 7. The van der Waals surface area contributed by atoms with Crippen molar-refractivity contribution in [3.8, 4) is 40.1 Å². The van der Waals surface area contributed by atoms with Gasteiger partial charge in [-0.15, -0.1) is 0 Å². The standard InChI is InChI=1S/C26H28O16/c27-6-13-16(32)18(34)20(36)26(40-13)41-23-17(33)14-10(29)5-12(8-1-3-9(28)4-2-8)39-22(14)24(21(23)37)42-25-19(35)15(31)11(30)7-38-25/h1-5,11,13,15-16,18-20,25-28,30-37H,6-7H2/t11-,13-,15+,16+,18-,19-,20+,25+,26+/m1/s1. The van der Waals surface area contributed by atoms with Crippen LogP contribution in [0.15, 0.2) is 39.5 Å². The van der Waals surface area contributed by atoms with E-state index in [-0.39, 0.29) is 17.1 Å². The molecule has 9 atom stereocenters. The minimum absolute atomic E-state index is 0.0830. The van der Waals surface area contributed by atoms with Crippen molar-refractivity contribution >= 4 is 11.0 Å². The molecular weight excluding hydrogens is 568 g/mol. The van der Waals surface area contributed by atoms with E-state index >= 15 is 0 Å². The lowest BCUT2D eigenvalue weighted by Gasteiger charge is -2.39. The van der Waals surface area contributed by atoms with Crippen LogP contribution in [0, 0.1) is 0 Å². The quantitative estimate of drug-likeness (QED) is 0.142. The first-order chi connectivity index (χ1) is 19.9. The van der Waals surface area contributed by atoms with E-state index in [9.17, 15) is 55.9 Å². The lowest BCUT2D eigenvalue weighted by Crippen LogP contribution is -2.60. The number of rotatable bonds is 6. The van der Waals surface area contributed by atoms with Crippen LogP contribution in [0.5, 0.6) is 28.7 Å². The van der Waals surface area contributed by atoms with Crippen LogP contribution in [-0.4, -0.2) is 120 Å². The lowest BCUT2D eigenvalue weighted by molar-refractivity contribution is -0.277. The molecule has 2 aliphatic rings. The first kappa shape index (κ1) is 29.8. The predicted octanol–water partition coefficient (Wildman–Crippen LogP) is -2.43. The largest absolute Gasteiger partial charge is 0.508 e. The highest BCUT2D eigenvalue weighted by Gasteiger charge is 2.46. The van der Waals surface area contributed by atoms with Crippen LogP contribution in [-0.2, 0) is 9.47 Å². The second-order valence-electron chi connectivity index (χ2n) is 9.76. The molecule has 2 fully saturated rings. The van der Waals surface area contributed by atoms with Crippen LogP contribution in [0.3, 0.4) is 0 Å². The summed E-state index contributed by atoms with van der Waals surface area (Å²) in [5.41, 5.74) is -1.20. The number of phenols is 3. The first-order valence-electron chi connectivity index (χ1n) is 12.6. The van der Waals surface area contributed by atoms with Gasteiger partial charge in [0, 0.05) is 11.6 Å². The topological polar surface area (TPSA) is 269 Å². The predicted molar refractivity (Wildman–Crippen MR) is 136 cm³/mol. The fourth-order valence-electron chi connectivity index (χ4n) is 4.58. The Balaban J connectivity index is 1.66. The van der Waals surface area contributed by atoms with E-state index in [0.29, 0.717) is 0 Å². The van der Waals surface area contributed by atoms with E-state index in [0.717, 1.165) is 6.07 Å². The van der Waals surface area contributed by atoms with Crippen molar-refractivity contribution in [3.05, 3.63) is 40.6 Å². The number of hydrogen-bond donors (Lipinski definition) is 10. The molecule has 3 aromatic rings. The molecule has 2 saturated heterocycles. The van der Waals surface area contributed by atoms with Crippen LogP contribution >= 0.6 is 0 Å². The first-order valence-corrected chi connectivity index (χ1v) is 12.6. The summed E-state index contributed by atoms with van der Waals surface area (Å²) in [4.78, 5) is 13.3. The highest BCUT2D eigenvalue weighted by molar-refractivity contribution is 5.95. The summed E-state index contributed by atoms with van der Waals surface area (Å²) in [5, 5.41) is 102. The Morgan fingerprint density at radius 2 is 1.43 bits per heavy atom. The molecule has 2 aromatic carbocycles.